The number of aromatic hydroxyl groups is 1. The van der Waals surface area contributed by atoms with Crippen LogP contribution in [-0.2, 0) is 17.6 Å². The minimum Gasteiger partial charge on any atom is -1.00 e. The van der Waals surface area contributed by atoms with E-state index in [1.54, 1.807) is 32.3 Å². The number of benzene rings is 2. The van der Waals surface area contributed by atoms with E-state index in [4.69, 9.17) is 18.9 Å². The second-order valence-electron chi connectivity index (χ2n) is 8.83. The van der Waals surface area contributed by atoms with Gasteiger partial charge >= 0.3 is 0 Å². The minimum absolute atomic E-state index is 0. The maximum atomic E-state index is 10.6. The summed E-state index contributed by atoms with van der Waals surface area (Å²) in [5.74, 6) is 2.11. The lowest BCUT2D eigenvalue weighted by molar-refractivity contribution is -0.933. The molecule has 1 saturated heterocycles. The predicted molar refractivity (Wildman–Crippen MR) is 121 cm³/mol. The number of methoxy groups -OCH3 is 3. The number of nitrogens with zero attached hydrogens (tertiary/aromatic N) is 1. The van der Waals surface area contributed by atoms with Crippen LogP contribution < -0.4 is 31.5 Å². The third-order valence-electron chi connectivity index (χ3n) is 7.31. The monoisotopic (exact) mass is 476 g/mol. The Morgan fingerprint density at radius 3 is 2.48 bits per heavy atom. The molecule has 1 fully saturated rings. The van der Waals surface area contributed by atoms with E-state index in [0.717, 1.165) is 81.4 Å². The smallest absolute Gasteiger partial charge is 0.169 e. The molecule has 1 aliphatic carbocycles. The normalized spacial score (nSPS) is 21.4. The lowest BCUT2D eigenvalue weighted by Gasteiger charge is -2.41. The van der Waals surface area contributed by atoms with Gasteiger partial charge in [-0.1, -0.05) is 6.07 Å². The van der Waals surface area contributed by atoms with E-state index in [1.807, 2.05) is 6.07 Å². The number of hydrogen-bond donors (Lipinski definition) is 2. The van der Waals surface area contributed by atoms with Crippen molar-refractivity contribution < 1.29 is 41.4 Å². The van der Waals surface area contributed by atoms with Crippen molar-refractivity contribution in [2.45, 2.75) is 18.9 Å². The summed E-state index contributed by atoms with van der Waals surface area (Å²) in [4.78, 5) is 4.12. The summed E-state index contributed by atoms with van der Waals surface area (Å²) in [5, 5.41) is 10.6. The Bertz CT molecular complexity index is 1010. The van der Waals surface area contributed by atoms with Gasteiger partial charge in [0.2, 0.25) is 0 Å². The van der Waals surface area contributed by atoms with E-state index in [0.29, 0.717) is 11.8 Å². The first-order valence-electron chi connectivity index (χ1n) is 11.5. The first kappa shape index (κ1) is 24.0. The molecule has 2 atom stereocenters. The Balaban J connectivity index is 0.00000259. The molecule has 0 amide bonds. The molecule has 2 aliphatic heterocycles. The highest BCUT2D eigenvalue weighted by molar-refractivity contribution is 5.88. The van der Waals surface area contributed by atoms with Crippen molar-refractivity contribution in [3.63, 3.8) is 0 Å². The Kier molecular flexibility index (Phi) is 7.24. The van der Waals surface area contributed by atoms with Crippen LogP contribution in [-0.4, -0.2) is 77.3 Å². The minimum atomic E-state index is 0. The molecule has 33 heavy (non-hydrogen) atoms. The quantitative estimate of drug-likeness (QED) is 0.527. The van der Waals surface area contributed by atoms with Crippen LogP contribution in [0.5, 0.6) is 23.0 Å². The number of phenolic OH excluding ortho intramolecular Hbond substituents is 1. The fourth-order valence-corrected chi connectivity index (χ4v) is 5.74. The van der Waals surface area contributed by atoms with Crippen molar-refractivity contribution in [2.75, 3.05) is 67.3 Å². The van der Waals surface area contributed by atoms with Crippen LogP contribution in [0.2, 0.25) is 0 Å². The van der Waals surface area contributed by atoms with Crippen LogP contribution in [0, 0.1) is 0 Å². The first-order chi connectivity index (χ1) is 15.7. The number of quaternary nitrogens is 1. The van der Waals surface area contributed by atoms with Crippen LogP contribution in [0.3, 0.4) is 0 Å². The van der Waals surface area contributed by atoms with Crippen LogP contribution in [0.25, 0.3) is 11.1 Å². The van der Waals surface area contributed by atoms with E-state index in [9.17, 15) is 5.11 Å². The summed E-state index contributed by atoms with van der Waals surface area (Å²) in [5.41, 5.74) is 5.77. The second kappa shape index (κ2) is 9.97. The Morgan fingerprint density at radius 2 is 1.79 bits per heavy atom. The zero-order valence-corrected chi connectivity index (χ0v) is 20.3. The summed E-state index contributed by atoms with van der Waals surface area (Å²) in [6, 6.07) is 6.26. The molecule has 2 unspecified atom stereocenters. The van der Waals surface area contributed by atoms with Crippen LogP contribution >= 0.6 is 0 Å². The fourth-order valence-electron chi connectivity index (χ4n) is 5.74. The van der Waals surface area contributed by atoms with Gasteiger partial charge in [-0.15, -0.1) is 0 Å². The summed E-state index contributed by atoms with van der Waals surface area (Å²) in [6.45, 7) is 6.98. The van der Waals surface area contributed by atoms with Gasteiger partial charge in [0.15, 0.2) is 23.0 Å². The van der Waals surface area contributed by atoms with Crippen LogP contribution in [0.15, 0.2) is 18.2 Å². The van der Waals surface area contributed by atoms with Gasteiger partial charge in [0, 0.05) is 49.2 Å². The molecule has 2 aromatic rings. The van der Waals surface area contributed by atoms with Gasteiger partial charge in [-0.25, -0.2) is 0 Å². The van der Waals surface area contributed by atoms with E-state index in [-0.39, 0.29) is 18.2 Å². The number of phenols is 1. The zero-order chi connectivity index (χ0) is 22.2. The second-order valence-corrected chi connectivity index (χ2v) is 8.83. The largest absolute Gasteiger partial charge is 1.00 e. The number of ether oxygens (including phenoxy) is 4. The Morgan fingerprint density at radius 1 is 1.03 bits per heavy atom. The van der Waals surface area contributed by atoms with Crippen LogP contribution in [0.4, 0.5) is 0 Å². The third kappa shape index (κ3) is 4.12. The van der Waals surface area contributed by atoms with Crippen molar-refractivity contribution in [2.24, 2.45) is 0 Å². The van der Waals surface area contributed by atoms with Crippen molar-refractivity contribution >= 4 is 0 Å². The van der Waals surface area contributed by atoms with Crippen LogP contribution in [0.1, 0.15) is 22.7 Å². The van der Waals surface area contributed by atoms with Gasteiger partial charge < -0.3 is 41.4 Å². The summed E-state index contributed by atoms with van der Waals surface area (Å²) >= 11 is 0. The van der Waals surface area contributed by atoms with Gasteiger partial charge in [-0.2, -0.15) is 0 Å². The molecule has 5 rings (SSSR count). The Hall–Kier alpha value is -2.19. The molecular formula is C25H33ClN2O5. The molecule has 0 aromatic heterocycles. The van der Waals surface area contributed by atoms with Crippen molar-refractivity contribution in [1.29, 1.82) is 0 Å². The van der Waals surface area contributed by atoms with E-state index in [2.05, 4.69) is 11.0 Å². The lowest BCUT2D eigenvalue weighted by atomic mass is 9.76. The number of hydrogen-bond acceptors (Lipinski definition) is 6. The first-order valence-corrected chi connectivity index (χ1v) is 11.5. The number of halogens is 1. The molecule has 0 radical (unpaired) electrons. The molecule has 0 saturated carbocycles. The van der Waals surface area contributed by atoms with Gasteiger partial charge in [0.25, 0.3) is 0 Å². The summed E-state index contributed by atoms with van der Waals surface area (Å²) in [6.07, 6.45) is 1.91. The number of rotatable bonds is 6. The zero-order valence-electron chi connectivity index (χ0n) is 19.6. The molecule has 0 bridgehead atoms. The SMILES string of the molecule is COc1cc2c3c(c1OC)-c1c(ccc(O)c1OC)CC3[NH+](CCN1CCOCC1)CC2.[Cl-]. The molecule has 3 aliphatic rings. The topological polar surface area (TPSA) is 64.8 Å². The standard InChI is InChI=1S/C25H32N2O5.ClH/c1-29-20-15-17-6-7-27(9-8-26-10-12-32-13-11-26)18-14-16-4-5-19(28)24(30-2)22(16)23(21(17)18)25(20)31-3;/h4-5,15,18,28H,6-14H2,1-3H3;1H. The van der Waals surface area contributed by atoms with E-state index in [1.165, 1.54) is 16.7 Å². The lowest BCUT2D eigenvalue weighted by Crippen LogP contribution is -3.14. The van der Waals surface area contributed by atoms with Gasteiger partial charge in [0.05, 0.1) is 47.6 Å². The molecule has 2 N–H and O–H groups in total. The summed E-state index contributed by atoms with van der Waals surface area (Å²) < 4.78 is 22.8. The Labute approximate surface area is 201 Å². The van der Waals surface area contributed by atoms with Crippen molar-refractivity contribution in [3.05, 3.63) is 34.9 Å². The van der Waals surface area contributed by atoms with Gasteiger partial charge in [-0.3, -0.25) is 4.90 Å². The van der Waals surface area contributed by atoms with E-state index >= 15 is 0 Å². The fraction of sp³-hybridized carbons (Fsp3) is 0.520. The molecule has 8 heteroatoms. The van der Waals surface area contributed by atoms with Crippen molar-refractivity contribution in [1.82, 2.24) is 4.90 Å². The van der Waals surface area contributed by atoms with Gasteiger partial charge in [0.1, 0.15) is 6.04 Å². The molecule has 2 aromatic carbocycles. The third-order valence-corrected chi connectivity index (χ3v) is 7.31. The molecule has 180 valence electrons. The average molecular weight is 477 g/mol. The molecule has 7 nitrogen and oxygen atoms in total. The number of morpholine rings is 1. The maximum absolute atomic E-state index is 10.6. The average Bonchev–Trinajstić information content (AvgIpc) is 2.83. The van der Waals surface area contributed by atoms with Gasteiger partial charge in [-0.05, 0) is 23.3 Å². The maximum Gasteiger partial charge on any atom is 0.169 e. The molecule has 0 spiro atoms. The van der Waals surface area contributed by atoms with Crippen molar-refractivity contribution in [3.8, 4) is 34.1 Å². The predicted octanol–water partition coefficient (Wildman–Crippen LogP) is -1.54. The number of fused-ring (bicyclic) bond motifs is 2. The highest BCUT2D eigenvalue weighted by Gasteiger charge is 2.41. The number of nitrogens with one attached hydrogen (secondary N) is 1. The molecular weight excluding hydrogens is 444 g/mol. The highest BCUT2D eigenvalue weighted by atomic mass is 35.5. The highest BCUT2D eigenvalue weighted by Crippen LogP contribution is 2.54. The molecule has 2 heterocycles. The summed E-state index contributed by atoms with van der Waals surface area (Å²) in [7, 11) is 4.98. The van der Waals surface area contributed by atoms with E-state index < -0.39 is 0 Å².